The number of aryl methyl sites for hydroxylation is 1. The Kier molecular flexibility index (Phi) is 4.11. The van der Waals surface area contributed by atoms with E-state index in [1.54, 1.807) is 6.20 Å². The van der Waals surface area contributed by atoms with Gasteiger partial charge in [0.05, 0.1) is 11.8 Å². The van der Waals surface area contributed by atoms with Crippen LogP contribution in [0.15, 0.2) is 24.7 Å². The normalized spacial score (nSPS) is 10.5. The van der Waals surface area contributed by atoms with Gasteiger partial charge in [-0.05, 0) is 6.07 Å². The molecule has 1 N–H and O–H groups in total. The van der Waals surface area contributed by atoms with Gasteiger partial charge in [-0.2, -0.15) is 0 Å². The molecule has 0 aliphatic heterocycles. The van der Waals surface area contributed by atoms with Crippen LogP contribution >= 0.6 is 11.6 Å². The quantitative estimate of drug-likeness (QED) is 0.866. The SMILES string of the molecule is Cn1ccnc1CCNC(=O)c1cc(F)cnc1Cl. The van der Waals surface area contributed by atoms with E-state index >= 15 is 0 Å². The van der Waals surface area contributed by atoms with Crippen molar-refractivity contribution in [1.82, 2.24) is 19.9 Å². The van der Waals surface area contributed by atoms with Crippen LogP contribution in [-0.4, -0.2) is 27.0 Å². The van der Waals surface area contributed by atoms with Crippen molar-refractivity contribution < 1.29 is 9.18 Å². The highest BCUT2D eigenvalue weighted by Gasteiger charge is 2.12. The minimum absolute atomic E-state index is 0.0177. The van der Waals surface area contributed by atoms with E-state index in [1.165, 1.54) is 0 Å². The van der Waals surface area contributed by atoms with Crippen molar-refractivity contribution in [3.05, 3.63) is 47.0 Å². The zero-order valence-corrected chi connectivity index (χ0v) is 11.0. The molecule has 0 spiro atoms. The summed E-state index contributed by atoms with van der Waals surface area (Å²) in [5.74, 6) is -0.200. The fourth-order valence-corrected chi connectivity index (χ4v) is 1.79. The van der Waals surface area contributed by atoms with Gasteiger partial charge < -0.3 is 9.88 Å². The first-order valence-electron chi connectivity index (χ1n) is 5.63. The second kappa shape index (κ2) is 5.79. The van der Waals surface area contributed by atoms with Crippen LogP contribution in [0.25, 0.3) is 0 Å². The molecular formula is C12H12ClFN4O. The minimum atomic E-state index is -0.598. The molecule has 0 fully saturated rings. The summed E-state index contributed by atoms with van der Waals surface area (Å²) in [4.78, 5) is 19.5. The maximum Gasteiger partial charge on any atom is 0.254 e. The number of rotatable bonds is 4. The van der Waals surface area contributed by atoms with Gasteiger partial charge in [0.1, 0.15) is 16.8 Å². The van der Waals surface area contributed by atoms with Gasteiger partial charge in [-0.1, -0.05) is 11.6 Å². The van der Waals surface area contributed by atoms with Gasteiger partial charge in [-0.3, -0.25) is 4.79 Å². The van der Waals surface area contributed by atoms with Crippen LogP contribution in [-0.2, 0) is 13.5 Å². The number of nitrogens with one attached hydrogen (secondary N) is 1. The van der Waals surface area contributed by atoms with Crippen LogP contribution in [0.3, 0.4) is 0 Å². The second-order valence-electron chi connectivity index (χ2n) is 3.95. The van der Waals surface area contributed by atoms with E-state index in [9.17, 15) is 9.18 Å². The molecular weight excluding hydrogens is 271 g/mol. The van der Waals surface area contributed by atoms with E-state index < -0.39 is 11.7 Å². The molecule has 0 saturated heterocycles. The van der Waals surface area contributed by atoms with Gasteiger partial charge in [0.15, 0.2) is 0 Å². The third-order valence-electron chi connectivity index (χ3n) is 2.61. The van der Waals surface area contributed by atoms with Gasteiger partial charge >= 0.3 is 0 Å². The highest BCUT2D eigenvalue weighted by molar-refractivity contribution is 6.32. The Morgan fingerprint density at radius 1 is 1.53 bits per heavy atom. The van der Waals surface area contributed by atoms with E-state index in [0.29, 0.717) is 13.0 Å². The number of hydrogen-bond donors (Lipinski definition) is 1. The number of imidazole rings is 1. The van der Waals surface area contributed by atoms with E-state index in [1.807, 2.05) is 17.8 Å². The van der Waals surface area contributed by atoms with Crippen molar-refractivity contribution in [2.75, 3.05) is 6.54 Å². The Morgan fingerprint density at radius 3 is 3.00 bits per heavy atom. The van der Waals surface area contributed by atoms with Crippen molar-refractivity contribution in [3.8, 4) is 0 Å². The first-order valence-corrected chi connectivity index (χ1v) is 6.01. The Balaban J connectivity index is 1.94. The standard InChI is InChI=1S/C12H12ClFN4O/c1-18-5-4-15-10(18)2-3-16-12(19)9-6-8(14)7-17-11(9)13/h4-7H,2-3H2,1H3,(H,16,19). The van der Waals surface area contributed by atoms with Crippen LogP contribution in [0.4, 0.5) is 4.39 Å². The average Bonchev–Trinajstić information content (AvgIpc) is 2.78. The predicted octanol–water partition coefficient (Wildman–Crippen LogP) is 1.58. The molecule has 2 heterocycles. The molecule has 0 aromatic carbocycles. The second-order valence-corrected chi connectivity index (χ2v) is 4.31. The Bertz CT molecular complexity index is 599. The van der Waals surface area contributed by atoms with Gasteiger partial charge in [0, 0.05) is 32.4 Å². The van der Waals surface area contributed by atoms with Gasteiger partial charge in [-0.25, -0.2) is 14.4 Å². The summed E-state index contributed by atoms with van der Waals surface area (Å²) >= 11 is 5.74. The van der Waals surface area contributed by atoms with Crippen molar-refractivity contribution >= 4 is 17.5 Å². The maximum atomic E-state index is 13.0. The number of pyridine rings is 1. The summed E-state index contributed by atoms with van der Waals surface area (Å²) < 4.78 is 14.9. The minimum Gasteiger partial charge on any atom is -0.351 e. The third-order valence-corrected chi connectivity index (χ3v) is 2.91. The molecule has 5 nitrogen and oxygen atoms in total. The monoisotopic (exact) mass is 282 g/mol. The molecule has 2 aromatic heterocycles. The summed E-state index contributed by atoms with van der Waals surface area (Å²) in [6.45, 7) is 0.385. The van der Waals surface area contributed by atoms with Crippen LogP contribution in [0.1, 0.15) is 16.2 Å². The molecule has 0 bridgehead atoms. The third kappa shape index (κ3) is 3.29. The molecule has 2 rings (SSSR count). The molecule has 100 valence electrons. The summed E-state index contributed by atoms with van der Waals surface area (Å²) in [5, 5.41) is 2.63. The van der Waals surface area contributed by atoms with Gasteiger partial charge in [0.2, 0.25) is 0 Å². The molecule has 0 saturated carbocycles. The molecule has 19 heavy (non-hydrogen) atoms. The highest BCUT2D eigenvalue weighted by Crippen LogP contribution is 2.13. The molecule has 0 aliphatic carbocycles. The van der Waals surface area contributed by atoms with Crippen LogP contribution in [0.5, 0.6) is 0 Å². The Labute approximate surface area is 114 Å². The molecule has 2 aromatic rings. The van der Waals surface area contributed by atoms with E-state index in [4.69, 9.17) is 11.6 Å². The number of amides is 1. The highest BCUT2D eigenvalue weighted by atomic mass is 35.5. The van der Waals surface area contributed by atoms with Crippen molar-refractivity contribution in [2.45, 2.75) is 6.42 Å². The molecule has 0 atom stereocenters. The summed E-state index contributed by atoms with van der Waals surface area (Å²) in [5.41, 5.74) is 0.0292. The smallest absolute Gasteiger partial charge is 0.254 e. The Hall–Kier alpha value is -1.95. The number of halogens is 2. The van der Waals surface area contributed by atoms with E-state index in [2.05, 4.69) is 15.3 Å². The molecule has 0 unspecified atom stereocenters. The molecule has 0 aliphatic rings. The molecule has 0 radical (unpaired) electrons. The zero-order valence-electron chi connectivity index (χ0n) is 10.2. The van der Waals surface area contributed by atoms with Crippen LogP contribution in [0.2, 0.25) is 5.15 Å². The topological polar surface area (TPSA) is 59.8 Å². The van der Waals surface area contributed by atoms with Gasteiger partial charge in [0.25, 0.3) is 5.91 Å². The summed E-state index contributed by atoms with van der Waals surface area (Å²) in [7, 11) is 1.87. The lowest BCUT2D eigenvalue weighted by Crippen LogP contribution is -2.27. The maximum absolute atomic E-state index is 13.0. The van der Waals surface area contributed by atoms with Crippen LogP contribution < -0.4 is 5.32 Å². The number of aromatic nitrogens is 3. The fourth-order valence-electron chi connectivity index (χ4n) is 1.60. The van der Waals surface area contributed by atoms with Crippen molar-refractivity contribution in [1.29, 1.82) is 0 Å². The number of hydrogen-bond acceptors (Lipinski definition) is 3. The predicted molar refractivity (Wildman–Crippen MR) is 68.5 cm³/mol. The van der Waals surface area contributed by atoms with Crippen LogP contribution in [0, 0.1) is 5.82 Å². The lowest BCUT2D eigenvalue weighted by atomic mass is 10.2. The number of nitrogens with zero attached hydrogens (tertiary/aromatic N) is 3. The largest absolute Gasteiger partial charge is 0.351 e. The number of carbonyl (C=O) groups excluding carboxylic acids is 1. The van der Waals surface area contributed by atoms with Gasteiger partial charge in [-0.15, -0.1) is 0 Å². The zero-order chi connectivity index (χ0) is 13.8. The first-order chi connectivity index (χ1) is 9.08. The Morgan fingerprint density at radius 2 is 2.32 bits per heavy atom. The fraction of sp³-hybridized carbons (Fsp3) is 0.250. The van der Waals surface area contributed by atoms with Crippen molar-refractivity contribution in [2.24, 2.45) is 7.05 Å². The molecule has 1 amide bonds. The van der Waals surface area contributed by atoms with E-state index in [0.717, 1.165) is 18.1 Å². The lowest BCUT2D eigenvalue weighted by molar-refractivity contribution is 0.0953. The molecule has 7 heteroatoms. The number of carbonyl (C=O) groups is 1. The first kappa shape index (κ1) is 13.5. The van der Waals surface area contributed by atoms with E-state index in [-0.39, 0.29) is 10.7 Å². The van der Waals surface area contributed by atoms with Crippen molar-refractivity contribution in [3.63, 3.8) is 0 Å². The summed E-state index contributed by atoms with van der Waals surface area (Å²) in [6.07, 6.45) is 5.05. The average molecular weight is 283 g/mol. The lowest BCUT2D eigenvalue weighted by Gasteiger charge is -2.06. The summed E-state index contributed by atoms with van der Waals surface area (Å²) in [6, 6.07) is 1.06.